The van der Waals surface area contributed by atoms with Gasteiger partial charge in [0.15, 0.2) is 34.4 Å². The van der Waals surface area contributed by atoms with Crippen molar-refractivity contribution in [3.05, 3.63) is 125 Å². The van der Waals surface area contributed by atoms with Crippen LogP contribution in [0, 0.1) is 0 Å². The number of hydrogen-bond donors (Lipinski definition) is 0. The fourth-order valence-corrected chi connectivity index (χ4v) is 7.51. The summed E-state index contributed by atoms with van der Waals surface area (Å²) in [7, 11) is 2.83. The maximum absolute atomic E-state index is 14.4. The van der Waals surface area contributed by atoms with Crippen LogP contribution in [-0.2, 0) is 25.7 Å². The number of hydrogen-bond acceptors (Lipinski definition) is 11. The van der Waals surface area contributed by atoms with Crippen molar-refractivity contribution in [1.29, 1.82) is 0 Å². The highest BCUT2D eigenvalue weighted by Crippen LogP contribution is 2.37. The minimum absolute atomic E-state index is 0.134. The first kappa shape index (κ1) is 37.4. The molecule has 0 saturated heterocycles. The lowest BCUT2D eigenvalue weighted by atomic mass is 9.95. The summed E-state index contributed by atoms with van der Waals surface area (Å²) in [6.45, 7) is 5.67. The third-order valence-corrected chi connectivity index (χ3v) is 10.2. The minimum atomic E-state index is -0.899. The second kappa shape index (κ2) is 16.5. The molecular formula is C40H37BrN2O9S. The van der Waals surface area contributed by atoms with Gasteiger partial charge in [-0.05, 0) is 78.6 Å². The lowest BCUT2D eigenvalue weighted by molar-refractivity contribution is -0.143. The van der Waals surface area contributed by atoms with Gasteiger partial charge in [-0.3, -0.25) is 9.36 Å². The van der Waals surface area contributed by atoms with Crippen molar-refractivity contribution in [1.82, 2.24) is 4.57 Å². The molecule has 274 valence electrons. The van der Waals surface area contributed by atoms with E-state index in [0.717, 1.165) is 16.3 Å². The van der Waals surface area contributed by atoms with Crippen LogP contribution in [0.3, 0.4) is 0 Å². The van der Waals surface area contributed by atoms with E-state index in [1.807, 2.05) is 37.3 Å². The number of rotatable bonds is 13. The van der Waals surface area contributed by atoms with Crippen molar-refractivity contribution in [2.45, 2.75) is 33.4 Å². The summed E-state index contributed by atoms with van der Waals surface area (Å²) in [5.74, 6) is 0.499. The van der Waals surface area contributed by atoms with Crippen LogP contribution in [0.25, 0.3) is 16.8 Å². The predicted molar refractivity (Wildman–Crippen MR) is 204 cm³/mol. The van der Waals surface area contributed by atoms with Gasteiger partial charge in [-0.2, -0.15) is 0 Å². The summed E-state index contributed by atoms with van der Waals surface area (Å²) in [5.41, 5.74) is 2.54. The third-order valence-electron chi connectivity index (χ3n) is 8.51. The normalized spacial score (nSPS) is 14.0. The molecule has 0 amide bonds. The van der Waals surface area contributed by atoms with Gasteiger partial charge >= 0.3 is 11.9 Å². The van der Waals surface area contributed by atoms with Crippen molar-refractivity contribution in [3.63, 3.8) is 0 Å². The van der Waals surface area contributed by atoms with Gasteiger partial charge in [0.1, 0.15) is 6.61 Å². The van der Waals surface area contributed by atoms with Crippen LogP contribution in [0.5, 0.6) is 23.0 Å². The van der Waals surface area contributed by atoms with Gasteiger partial charge in [0.25, 0.3) is 5.56 Å². The van der Waals surface area contributed by atoms with Crippen LogP contribution in [0.1, 0.15) is 43.5 Å². The van der Waals surface area contributed by atoms with Crippen molar-refractivity contribution in [2.75, 3.05) is 34.0 Å². The van der Waals surface area contributed by atoms with Gasteiger partial charge in [-0.25, -0.2) is 14.6 Å². The number of aromatic nitrogens is 1. The highest BCUT2D eigenvalue weighted by molar-refractivity contribution is 9.10. The smallest absolute Gasteiger partial charge is 0.343 e. The first-order valence-electron chi connectivity index (χ1n) is 16.8. The Labute approximate surface area is 317 Å². The fourth-order valence-electron chi connectivity index (χ4n) is 6.03. The van der Waals surface area contributed by atoms with Gasteiger partial charge in [-0.1, -0.05) is 75.8 Å². The molecule has 11 nitrogen and oxygen atoms in total. The van der Waals surface area contributed by atoms with E-state index in [2.05, 4.69) is 39.1 Å². The summed E-state index contributed by atoms with van der Waals surface area (Å²) < 4.78 is 36.2. The molecule has 6 rings (SSSR count). The predicted octanol–water partition coefficient (Wildman–Crippen LogP) is 6.25. The lowest BCUT2D eigenvalue weighted by Gasteiger charge is -2.25. The minimum Gasteiger partial charge on any atom is -0.493 e. The van der Waals surface area contributed by atoms with Crippen molar-refractivity contribution >= 4 is 56.1 Å². The van der Waals surface area contributed by atoms with E-state index >= 15 is 0 Å². The largest absolute Gasteiger partial charge is 0.493 e. The van der Waals surface area contributed by atoms with E-state index in [0.29, 0.717) is 66.8 Å². The van der Waals surface area contributed by atoms with E-state index in [9.17, 15) is 14.4 Å². The number of fused-ring (bicyclic) bond motifs is 2. The van der Waals surface area contributed by atoms with Gasteiger partial charge in [-0.15, -0.1) is 0 Å². The molecule has 5 aromatic rings. The summed E-state index contributed by atoms with van der Waals surface area (Å²) in [6, 6.07) is 22.0. The number of nitrogens with zero attached hydrogens (tertiary/aromatic N) is 2. The molecule has 0 saturated carbocycles. The number of carbonyl (C=O) groups excluding carboxylic acids is 2. The van der Waals surface area contributed by atoms with Crippen LogP contribution in [-0.4, -0.2) is 50.5 Å². The van der Waals surface area contributed by atoms with Gasteiger partial charge < -0.3 is 28.4 Å². The van der Waals surface area contributed by atoms with Gasteiger partial charge in [0.2, 0.25) is 0 Å². The third kappa shape index (κ3) is 7.86. The fraction of sp³-hybridized carbons (Fsp3) is 0.250. The van der Waals surface area contributed by atoms with Crippen LogP contribution in [0.2, 0.25) is 0 Å². The average Bonchev–Trinajstić information content (AvgIpc) is 3.46. The zero-order valence-corrected chi connectivity index (χ0v) is 32.2. The quantitative estimate of drug-likeness (QED) is 0.127. The molecule has 0 spiro atoms. The maximum atomic E-state index is 14.4. The molecule has 1 atom stereocenters. The highest BCUT2D eigenvalue weighted by atomic mass is 79.9. The molecule has 1 aliphatic heterocycles. The summed E-state index contributed by atoms with van der Waals surface area (Å²) >= 11 is 4.87. The second-order valence-corrected chi connectivity index (χ2v) is 13.6. The molecule has 4 aromatic carbocycles. The Morgan fingerprint density at radius 2 is 1.68 bits per heavy atom. The van der Waals surface area contributed by atoms with Crippen molar-refractivity contribution in [3.8, 4) is 23.0 Å². The maximum Gasteiger partial charge on any atom is 0.343 e. The molecule has 0 unspecified atom stereocenters. The first-order valence-corrected chi connectivity index (χ1v) is 18.4. The van der Waals surface area contributed by atoms with Crippen LogP contribution in [0.15, 0.2) is 98.3 Å². The van der Waals surface area contributed by atoms with E-state index in [1.165, 1.54) is 23.0 Å². The molecule has 13 heteroatoms. The van der Waals surface area contributed by atoms with Crippen molar-refractivity contribution < 1.29 is 38.0 Å². The molecule has 0 radical (unpaired) electrons. The Morgan fingerprint density at radius 3 is 2.43 bits per heavy atom. The zero-order chi connectivity index (χ0) is 37.6. The van der Waals surface area contributed by atoms with E-state index < -0.39 is 18.0 Å². The molecule has 0 N–H and O–H groups in total. The Kier molecular flexibility index (Phi) is 11.6. The first-order chi connectivity index (χ1) is 25.7. The number of ether oxygens (including phenoxy) is 6. The lowest BCUT2D eigenvalue weighted by Crippen LogP contribution is -2.40. The SMILES string of the molecule is CCOC(=O)C1=C(C)N=c2s/c(=C\c3cc(OC)c(OCc4cccc5ccccc45)cc3Br)c(=O)n2[C@@H]1c1ccc(OCC(=O)OC)c(OCC)c1. The molecular weight excluding hydrogens is 764 g/mol. The van der Waals surface area contributed by atoms with Gasteiger partial charge in [0.05, 0.1) is 49.3 Å². The van der Waals surface area contributed by atoms with E-state index in [-0.39, 0.29) is 24.3 Å². The molecule has 0 fully saturated rings. The van der Waals surface area contributed by atoms with Gasteiger partial charge in [0, 0.05) is 4.47 Å². The van der Waals surface area contributed by atoms with Crippen LogP contribution < -0.4 is 33.8 Å². The standard InChI is InChI=1S/C40H37BrN2O9S/c1-6-49-32-17-25(15-16-30(32)52-22-35(44)48-5)37-36(39(46)50-7-2)23(3)42-40-43(37)38(45)34(53-40)19-27-18-31(47-4)33(20-29(27)41)51-21-26-13-10-12-24-11-8-9-14-28(24)26/h8-20,37H,6-7,21-22H2,1-5H3/b34-19-/t37-/m1/s1. The second-order valence-electron chi connectivity index (χ2n) is 11.8. The Bertz CT molecular complexity index is 2410. The molecule has 53 heavy (non-hydrogen) atoms. The number of esters is 2. The van der Waals surface area contributed by atoms with Crippen LogP contribution in [0.4, 0.5) is 0 Å². The van der Waals surface area contributed by atoms with Crippen LogP contribution >= 0.6 is 27.3 Å². The molecule has 1 aliphatic rings. The Hall–Kier alpha value is -5.40. The Balaban J connectivity index is 1.40. The zero-order valence-electron chi connectivity index (χ0n) is 29.8. The summed E-state index contributed by atoms with van der Waals surface area (Å²) in [6.07, 6.45) is 1.75. The number of thiazole rings is 1. The van der Waals surface area contributed by atoms with E-state index in [4.69, 9.17) is 28.4 Å². The Morgan fingerprint density at radius 1 is 0.906 bits per heavy atom. The molecule has 2 heterocycles. The number of carbonyl (C=O) groups is 2. The molecule has 0 aliphatic carbocycles. The molecule has 0 bridgehead atoms. The van der Waals surface area contributed by atoms with E-state index in [1.54, 1.807) is 51.3 Å². The summed E-state index contributed by atoms with van der Waals surface area (Å²) in [5, 5.41) is 2.23. The number of halogens is 1. The topological polar surface area (TPSA) is 124 Å². The summed E-state index contributed by atoms with van der Waals surface area (Å²) in [4.78, 5) is 44.7. The average molecular weight is 802 g/mol. The number of methoxy groups -OCH3 is 2. The number of benzene rings is 4. The van der Waals surface area contributed by atoms with Crippen molar-refractivity contribution in [2.24, 2.45) is 4.99 Å². The molecule has 1 aromatic heterocycles. The number of allylic oxidation sites excluding steroid dienone is 1. The highest BCUT2D eigenvalue weighted by Gasteiger charge is 2.34. The monoisotopic (exact) mass is 800 g/mol.